The van der Waals surface area contributed by atoms with Crippen LogP contribution in [0.5, 0.6) is 5.88 Å². The van der Waals surface area contributed by atoms with Gasteiger partial charge in [-0.2, -0.15) is 0 Å². The van der Waals surface area contributed by atoms with Crippen LogP contribution in [0, 0.1) is 11.6 Å². The van der Waals surface area contributed by atoms with Gasteiger partial charge in [-0.1, -0.05) is 6.07 Å². The predicted molar refractivity (Wildman–Crippen MR) is 147 cm³/mol. The average Bonchev–Trinajstić information content (AvgIpc) is 3.38. The normalized spacial score (nSPS) is 17.4. The molecule has 0 aliphatic carbocycles. The number of halogens is 2. The molecule has 5 aromatic rings. The van der Waals surface area contributed by atoms with Gasteiger partial charge in [-0.05, 0) is 48.7 Å². The lowest BCUT2D eigenvalue weighted by Crippen LogP contribution is -2.52. The van der Waals surface area contributed by atoms with Crippen molar-refractivity contribution in [2.45, 2.75) is 24.9 Å². The summed E-state index contributed by atoms with van der Waals surface area (Å²) in [6.07, 6.45) is 6.38. The molecule has 0 radical (unpaired) electrons. The molecule has 0 amide bonds. The Balaban J connectivity index is 1.42. The first kappa shape index (κ1) is 25.6. The van der Waals surface area contributed by atoms with Crippen molar-refractivity contribution >= 4 is 22.7 Å². The molecular weight excluding hydrogens is 516 g/mol. The second kappa shape index (κ2) is 10.1. The fourth-order valence-electron chi connectivity index (χ4n) is 5.22. The summed E-state index contributed by atoms with van der Waals surface area (Å²) in [5, 5.41) is 0. The quantitative estimate of drug-likeness (QED) is 0.329. The zero-order valence-electron chi connectivity index (χ0n) is 21.8. The number of nitrogen functional groups attached to an aromatic ring is 1. The summed E-state index contributed by atoms with van der Waals surface area (Å²) in [5.41, 5.74) is 16.8. The van der Waals surface area contributed by atoms with Gasteiger partial charge in [0.15, 0.2) is 23.1 Å². The standard InChI is InChI=1S/C28H27F2N9O/c1-40-24-5-2-4-23(37-24)28(32)8-3-9-38(14-28)22-12-33-21(17-6-7-19(29)20(30)10-17)11-18(22)13-39-16-36-25-26(31)34-15-35-27(25)39/h2,4-7,10-12,15-16H,3,8-9,13-14,32H2,1H3,(H2,31,34,35)/t28-/m1/s1. The minimum absolute atomic E-state index is 0.288. The SMILES string of the molecule is COc1cccc([C@@]2(N)CCCN(c3cnc(-c4ccc(F)c(F)c4)cc3Cn3cnc4c(N)ncnc43)C2)n1. The van der Waals surface area contributed by atoms with Crippen molar-refractivity contribution in [2.75, 3.05) is 30.8 Å². The van der Waals surface area contributed by atoms with E-state index in [1.165, 1.54) is 12.4 Å². The maximum atomic E-state index is 14.1. The lowest BCUT2D eigenvalue weighted by molar-refractivity contribution is 0.335. The number of fused-ring (bicyclic) bond motifs is 1. The first-order valence-electron chi connectivity index (χ1n) is 12.8. The number of nitrogens with zero attached hydrogens (tertiary/aromatic N) is 7. The summed E-state index contributed by atoms with van der Waals surface area (Å²) < 4.78 is 34.9. The van der Waals surface area contributed by atoms with E-state index in [2.05, 4.69) is 29.8 Å². The number of piperidine rings is 1. The Bertz CT molecular complexity index is 1710. The van der Waals surface area contributed by atoms with E-state index in [-0.39, 0.29) is 5.82 Å². The third kappa shape index (κ3) is 4.66. The van der Waals surface area contributed by atoms with E-state index in [4.69, 9.17) is 16.2 Å². The fraction of sp³-hybridized carbons (Fsp3) is 0.250. The van der Waals surface area contributed by atoms with E-state index >= 15 is 0 Å². The molecule has 1 aromatic carbocycles. The van der Waals surface area contributed by atoms with E-state index in [9.17, 15) is 8.78 Å². The van der Waals surface area contributed by atoms with Gasteiger partial charge in [-0.15, -0.1) is 0 Å². The Morgan fingerprint density at radius 2 is 1.93 bits per heavy atom. The van der Waals surface area contributed by atoms with Crippen LogP contribution < -0.4 is 21.1 Å². The van der Waals surface area contributed by atoms with E-state index in [0.717, 1.165) is 48.5 Å². The van der Waals surface area contributed by atoms with Crippen LogP contribution in [0.15, 0.2) is 61.3 Å². The van der Waals surface area contributed by atoms with Crippen molar-refractivity contribution < 1.29 is 13.5 Å². The number of imidazole rings is 1. The number of rotatable bonds is 6. The Labute approximate surface area is 228 Å². The lowest BCUT2D eigenvalue weighted by Gasteiger charge is -2.41. The average molecular weight is 544 g/mol. The molecule has 0 saturated carbocycles. The minimum Gasteiger partial charge on any atom is -0.481 e. The molecule has 1 fully saturated rings. The summed E-state index contributed by atoms with van der Waals surface area (Å²) in [6.45, 7) is 1.61. The highest BCUT2D eigenvalue weighted by Crippen LogP contribution is 2.35. The molecule has 204 valence electrons. The van der Waals surface area contributed by atoms with Crippen molar-refractivity contribution in [1.82, 2.24) is 29.5 Å². The third-order valence-corrected chi connectivity index (χ3v) is 7.26. The number of hydrogen-bond donors (Lipinski definition) is 2. The lowest BCUT2D eigenvalue weighted by atomic mass is 9.86. The molecule has 1 aliphatic heterocycles. The van der Waals surface area contributed by atoms with Gasteiger partial charge in [-0.25, -0.2) is 28.7 Å². The highest BCUT2D eigenvalue weighted by atomic mass is 19.2. The van der Waals surface area contributed by atoms with Crippen molar-refractivity contribution in [3.63, 3.8) is 0 Å². The monoisotopic (exact) mass is 543 g/mol. The summed E-state index contributed by atoms with van der Waals surface area (Å²) in [7, 11) is 1.58. The van der Waals surface area contributed by atoms with Crippen LogP contribution in [-0.2, 0) is 12.1 Å². The van der Waals surface area contributed by atoms with Crippen molar-refractivity contribution in [2.24, 2.45) is 5.73 Å². The molecule has 5 heterocycles. The third-order valence-electron chi connectivity index (χ3n) is 7.26. The first-order valence-corrected chi connectivity index (χ1v) is 12.8. The van der Waals surface area contributed by atoms with Gasteiger partial charge in [0, 0.05) is 24.7 Å². The number of pyridine rings is 2. The summed E-state index contributed by atoms with van der Waals surface area (Å²) in [6, 6.07) is 11.2. The second-order valence-corrected chi connectivity index (χ2v) is 9.88. The minimum atomic E-state index is -0.938. The molecule has 1 saturated heterocycles. The van der Waals surface area contributed by atoms with E-state index in [1.807, 2.05) is 22.8 Å². The van der Waals surface area contributed by atoms with Gasteiger partial charge < -0.3 is 25.7 Å². The molecule has 1 aliphatic rings. The van der Waals surface area contributed by atoms with Crippen molar-refractivity contribution in [3.8, 4) is 17.1 Å². The van der Waals surface area contributed by atoms with E-state index in [0.29, 0.717) is 41.4 Å². The van der Waals surface area contributed by atoms with Gasteiger partial charge in [0.1, 0.15) is 11.8 Å². The molecule has 0 spiro atoms. The summed E-state index contributed by atoms with van der Waals surface area (Å²) in [5.74, 6) is -1.06. The van der Waals surface area contributed by atoms with Crippen LogP contribution in [-0.4, -0.2) is 49.7 Å². The molecule has 0 bridgehead atoms. The van der Waals surface area contributed by atoms with Crippen molar-refractivity contribution in [1.29, 1.82) is 0 Å². The fourth-order valence-corrected chi connectivity index (χ4v) is 5.22. The van der Waals surface area contributed by atoms with Crippen LogP contribution in [0.1, 0.15) is 24.1 Å². The Morgan fingerprint density at radius 3 is 2.75 bits per heavy atom. The number of hydrogen-bond acceptors (Lipinski definition) is 9. The number of anilines is 2. The van der Waals surface area contributed by atoms with Crippen LogP contribution in [0.25, 0.3) is 22.4 Å². The molecule has 0 unspecified atom stereocenters. The van der Waals surface area contributed by atoms with Gasteiger partial charge in [0.05, 0.1) is 48.8 Å². The largest absolute Gasteiger partial charge is 0.481 e. The molecule has 40 heavy (non-hydrogen) atoms. The molecule has 12 heteroatoms. The van der Waals surface area contributed by atoms with Gasteiger partial charge in [0.25, 0.3) is 0 Å². The number of benzene rings is 1. The Kier molecular flexibility index (Phi) is 6.46. The van der Waals surface area contributed by atoms with Gasteiger partial charge in [-0.3, -0.25) is 4.98 Å². The number of aromatic nitrogens is 6. The highest BCUT2D eigenvalue weighted by molar-refractivity contribution is 5.81. The van der Waals surface area contributed by atoms with Crippen LogP contribution in [0.2, 0.25) is 0 Å². The van der Waals surface area contributed by atoms with Crippen molar-refractivity contribution in [3.05, 3.63) is 84.2 Å². The summed E-state index contributed by atoms with van der Waals surface area (Å²) >= 11 is 0. The summed E-state index contributed by atoms with van der Waals surface area (Å²) in [4.78, 5) is 24.2. The molecular formula is C28H27F2N9O. The maximum absolute atomic E-state index is 14.1. The molecule has 10 nitrogen and oxygen atoms in total. The topological polar surface area (TPSA) is 134 Å². The van der Waals surface area contributed by atoms with Crippen LogP contribution >= 0.6 is 0 Å². The molecule has 1 atom stereocenters. The predicted octanol–water partition coefficient (Wildman–Crippen LogP) is 3.66. The smallest absolute Gasteiger partial charge is 0.213 e. The highest BCUT2D eigenvalue weighted by Gasteiger charge is 2.36. The number of methoxy groups -OCH3 is 1. The van der Waals surface area contributed by atoms with E-state index < -0.39 is 17.2 Å². The zero-order chi connectivity index (χ0) is 27.9. The van der Waals surface area contributed by atoms with Crippen LogP contribution in [0.4, 0.5) is 20.3 Å². The molecule has 4 N–H and O–H groups in total. The van der Waals surface area contributed by atoms with Gasteiger partial charge >= 0.3 is 0 Å². The zero-order valence-corrected chi connectivity index (χ0v) is 21.8. The number of ether oxygens (including phenoxy) is 1. The number of nitrogens with two attached hydrogens (primary N) is 2. The maximum Gasteiger partial charge on any atom is 0.213 e. The Morgan fingerprint density at radius 1 is 1.05 bits per heavy atom. The van der Waals surface area contributed by atoms with Gasteiger partial charge in [0.2, 0.25) is 5.88 Å². The van der Waals surface area contributed by atoms with E-state index in [1.54, 1.807) is 25.7 Å². The Hall–Kier alpha value is -4.71. The van der Waals surface area contributed by atoms with Crippen LogP contribution in [0.3, 0.4) is 0 Å². The molecule has 6 rings (SSSR count). The second-order valence-electron chi connectivity index (χ2n) is 9.88. The first-order chi connectivity index (χ1) is 19.3. The molecule has 4 aromatic heterocycles.